The van der Waals surface area contributed by atoms with E-state index in [2.05, 4.69) is 39.0 Å². The van der Waals surface area contributed by atoms with Gasteiger partial charge >= 0.3 is 0 Å². The normalized spacial score (nSPS) is 24.1. The Bertz CT molecular complexity index is 568. The zero-order valence-electron chi connectivity index (χ0n) is 11.7. The van der Waals surface area contributed by atoms with Gasteiger partial charge in [-0.2, -0.15) is 0 Å². The van der Waals surface area contributed by atoms with Gasteiger partial charge in [0.2, 0.25) is 0 Å². The second kappa shape index (κ2) is 4.75. The van der Waals surface area contributed by atoms with Crippen molar-refractivity contribution in [2.75, 3.05) is 4.90 Å². The zero-order valence-corrected chi connectivity index (χ0v) is 11.7. The van der Waals surface area contributed by atoms with Crippen LogP contribution in [0.2, 0.25) is 0 Å². The highest BCUT2D eigenvalue weighted by Gasteiger charge is 2.28. The first-order valence-electron chi connectivity index (χ1n) is 7.05. The first-order valence-corrected chi connectivity index (χ1v) is 7.05. The van der Waals surface area contributed by atoms with Crippen LogP contribution in [0.25, 0.3) is 11.2 Å². The number of rotatable bonds is 2. The molecule has 3 rings (SSSR count). The van der Waals surface area contributed by atoms with Crippen molar-refractivity contribution in [1.82, 2.24) is 25.0 Å². The number of hydrogen-bond acceptors (Lipinski definition) is 5. The molecule has 19 heavy (non-hydrogen) atoms. The van der Waals surface area contributed by atoms with E-state index >= 15 is 0 Å². The smallest absolute Gasteiger partial charge is 0.183 e. The molecule has 2 atom stereocenters. The minimum atomic E-state index is 0.494. The molecule has 102 valence electrons. The molecule has 0 radical (unpaired) electrons. The molecule has 0 amide bonds. The second-order valence-corrected chi connectivity index (χ2v) is 5.31. The topological polar surface area (TPSA) is 59.7 Å². The minimum Gasteiger partial charge on any atom is -0.349 e. The van der Waals surface area contributed by atoms with Gasteiger partial charge < -0.3 is 4.90 Å². The summed E-state index contributed by atoms with van der Waals surface area (Å²) >= 11 is 0. The molecule has 0 unspecified atom stereocenters. The predicted octanol–water partition coefficient (Wildman–Crippen LogP) is 2.01. The molecule has 6 heteroatoms. The Hall–Kier alpha value is -1.72. The molecule has 1 saturated heterocycles. The van der Waals surface area contributed by atoms with Gasteiger partial charge in [-0.1, -0.05) is 5.21 Å². The lowest BCUT2D eigenvalue weighted by Crippen LogP contribution is -2.44. The molecular weight excluding hydrogens is 240 g/mol. The lowest BCUT2D eigenvalue weighted by atomic mass is 9.97. The number of nitrogens with zero attached hydrogens (tertiary/aromatic N) is 6. The van der Waals surface area contributed by atoms with Crippen LogP contribution in [0.3, 0.4) is 0 Å². The van der Waals surface area contributed by atoms with Crippen molar-refractivity contribution in [2.45, 2.75) is 58.7 Å². The largest absolute Gasteiger partial charge is 0.349 e. The van der Waals surface area contributed by atoms with E-state index < -0.39 is 0 Å². The van der Waals surface area contributed by atoms with Gasteiger partial charge in [-0.25, -0.2) is 14.6 Å². The molecule has 2 aromatic rings. The fraction of sp³-hybridized carbons (Fsp3) is 0.692. The summed E-state index contributed by atoms with van der Waals surface area (Å²) in [5, 5.41) is 8.44. The molecule has 0 spiro atoms. The highest BCUT2D eigenvalue weighted by molar-refractivity contribution is 5.82. The van der Waals surface area contributed by atoms with E-state index in [-0.39, 0.29) is 0 Å². The van der Waals surface area contributed by atoms with Gasteiger partial charge in [0.1, 0.15) is 6.33 Å². The van der Waals surface area contributed by atoms with Gasteiger partial charge in [0.25, 0.3) is 0 Å². The molecule has 0 saturated carbocycles. The monoisotopic (exact) mass is 260 g/mol. The predicted molar refractivity (Wildman–Crippen MR) is 74.0 cm³/mol. The van der Waals surface area contributed by atoms with Crippen LogP contribution < -0.4 is 4.90 Å². The van der Waals surface area contributed by atoms with Crippen molar-refractivity contribution in [3.8, 4) is 0 Å². The maximum Gasteiger partial charge on any atom is 0.183 e. The Labute approximate surface area is 112 Å². The lowest BCUT2D eigenvalue weighted by molar-refractivity contribution is 0.412. The third-order valence-electron chi connectivity index (χ3n) is 4.02. The van der Waals surface area contributed by atoms with Crippen LogP contribution in [0.4, 0.5) is 5.82 Å². The average molecular weight is 260 g/mol. The van der Waals surface area contributed by atoms with Crippen molar-refractivity contribution < 1.29 is 0 Å². The van der Waals surface area contributed by atoms with E-state index in [0.29, 0.717) is 12.1 Å². The maximum absolute atomic E-state index is 4.48. The number of fused-ring (bicyclic) bond motifs is 1. The van der Waals surface area contributed by atoms with Gasteiger partial charge in [-0.05, 0) is 40.0 Å². The van der Waals surface area contributed by atoms with Gasteiger partial charge in [-0.15, -0.1) is 5.10 Å². The quantitative estimate of drug-likeness (QED) is 0.826. The van der Waals surface area contributed by atoms with Crippen molar-refractivity contribution in [3.05, 3.63) is 6.33 Å². The van der Waals surface area contributed by atoms with Crippen LogP contribution in [0.1, 0.15) is 40.0 Å². The summed E-state index contributed by atoms with van der Waals surface area (Å²) in [5.41, 5.74) is 1.66. The summed E-state index contributed by atoms with van der Waals surface area (Å²) in [7, 11) is 0. The molecule has 0 aromatic carbocycles. The van der Waals surface area contributed by atoms with Crippen LogP contribution in [-0.4, -0.2) is 37.0 Å². The van der Waals surface area contributed by atoms with Gasteiger partial charge in [0, 0.05) is 18.6 Å². The third-order valence-corrected chi connectivity index (χ3v) is 4.02. The van der Waals surface area contributed by atoms with Crippen molar-refractivity contribution in [3.63, 3.8) is 0 Å². The molecule has 0 N–H and O–H groups in total. The Morgan fingerprint density at radius 1 is 1.21 bits per heavy atom. The maximum atomic E-state index is 4.48. The van der Waals surface area contributed by atoms with Crippen molar-refractivity contribution in [1.29, 1.82) is 0 Å². The van der Waals surface area contributed by atoms with E-state index in [1.54, 1.807) is 6.33 Å². The summed E-state index contributed by atoms with van der Waals surface area (Å²) in [6, 6.07) is 0.988. The minimum absolute atomic E-state index is 0.494. The number of aromatic nitrogens is 5. The highest BCUT2D eigenvalue weighted by atomic mass is 15.4. The summed E-state index contributed by atoms with van der Waals surface area (Å²) in [6.45, 7) is 7.34. The molecule has 1 aliphatic heterocycles. The Morgan fingerprint density at radius 3 is 2.63 bits per heavy atom. The van der Waals surface area contributed by atoms with E-state index in [9.17, 15) is 0 Å². The molecular formula is C13H20N6. The van der Waals surface area contributed by atoms with Gasteiger partial charge in [0.15, 0.2) is 17.0 Å². The fourth-order valence-electron chi connectivity index (χ4n) is 3.02. The number of piperidine rings is 1. The van der Waals surface area contributed by atoms with Gasteiger partial charge in [-0.3, -0.25) is 0 Å². The Morgan fingerprint density at radius 2 is 1.95 bits per heavy atom. The standard InChI is InChI=1S/C13H20N6/c1-4-18-12-11(16-17-18)13(15-8-14-12)19-9(2)6-5-7-10(19)3/h8-10H,4-7H2,1-3H3/t9-,10-/m1/s1. The molecule has 3 heterocycles. The number of aryl methyl sites for hydroxylation is 1. The second-order valence-electron chi connectivity index (χ2n) is 5.31. The molecule has 0 bridgehead atoms. The first-order chi connectivity index (χ1) is 9.22. The molecule has 0 aliphatic carbocycles. The molecule has 2 aromatic heterocycles. The highest BCUT2D eigenvalue weighted by Crippen LogP contribution is 2.30. The van der Waals surface area contributed by atoms with Gasteiger partial charge in [0.05, 0.1) is 0 Å². The average Bonchev–Trinajstić information content (AvgIpc) is 2.82. The van der Waals surface area contributed by atoms with Crippen LogP contribution in [0.15, 0.2) is 6.33 Å². The Balaban J connectivity index is 2.11. The zero-order chi connectivity index (χ0) is 13.4. The number of hydrogen-bond donors (Lipinski definition) is 0. The van der Waals surface area contributed by atoms with Crippen LogP contribution in [0.5, 0.6) is 0 Å². The summed E-state index contributed by atoms with van der Waals surface area (Å²) in [5.74, 6) is 0.935. The SMILES string of the molecule is CCn1nnc2c(N3[C@H](C)CCC[C@H]3C)ncnc21. The van der Waals surface area contributed by atoms with E-state index in [1.807, 2.05) is 11.6 Å². The molecule has 1 aliphatic rings. The molecule has 6 nitrogen and oxygen atoms in total. The van der Waals surface area contributed by atoms with E-state index in [4.69, 9.17) is 0 Å². The third kappa shape index (κ3) is 1.95. The Kier molecular flexibility index (Phi) is 3.08. The summed E-state index contributed by atoms with van der Waals surface area (Å²) in [4.78, 5) is 11.2. The van der Waals surface area contributed by atoms with Crippen LogP contribution in [-0.2, 0) is 6.54 Å². The van der Waals surface area contributed by atoms with Crippen LogP contribution >= 0.6 is 0 Å². The van der Waals surface area contributed by atoms with Crippen LogP contribution in [0, 0.1) is 0 Å². The fourth-order valence-corrected chi connectivity index (χ4v) is 3.02. The van der Waals surface area contributed by atoms with E-state index in [0.717, 1.165) is 23.5 Å². The molecule has 1 fully saturated rings. The summed E-state index contributed by atoms with van der Waals surface area (Å²) < 4.78 is 1.82. The van der Waals surface area contributed by atoms with Crippen molar-refractivity contribution >= 4 is 17.0 Å². The van der Waals surface area contributed by atoms with Crippen molar-refractivity contribution in [2.24, 2.45) is 0 Å². The van der Waals surface area contributed by atoms with E-state index in [1.165, 1.54) is 19.3 Å². The number of anilines is 1. The lowest BCUT2D eigenvalue weighted by Gasteiger charge is -2.39. The first kappa shape index (κ1) is 12.3. The summed E-state index contributed by atoms with van der Waals surface area (Å²) in [6.07, 6.45) is 5.32.